The minimum atomic E-state index is 0.911. The number of hydrogen-bond acceptors (Lipinski definition) is 0. The molecule has 0 aliphatic carbocycles. The van der Waals surface area contributed by atoms with Crippen LogP contribution in [0.1, 0.15) is 64.7 Å². The maximum atomic E-state index is 3.87. The van der Waals surface area contributed by atoms with E-state index in [1.807, 2.05) is 0 Å². The molecule has 0 heterocycles. The second-order valence-electron chi connectivity index (χ2n) is 4.50. The minimum Gasteiger partial charge on any atom is -0.0885 e. The Hall–Kier alpha value is -0.260. The topological polar surface area (TPSA) is 0 Å². The lowest BCUT2D eigenvalue weighted by atomic mass is 9.97. The van der Waals surface area contributed by atoms with E-state index < -0.39 is 0 Å². The van der Waals surface area contributed by atoms with Crippen LogP contribution in [0, 0.1) is 19.8 Å². The van der Waals surface area contributed by atoms with Crippen LogP contribution in [0.3, 0.4) is 0 Å². The Morgan fingerprint density at radius 3 is 2.20 bits per heavy atom. The summed E-state index contributed by atoms with van der Waals surface area (Å²) >= 11 is 0. The molecule has 0 aromatic heterocycles. The second kappa shape index (κ2) is 11.8. The Morgan fingerprint density at radius 1 is 0.933 bits per heavy atom. The van der Waals surface area contributed by atoms with Gasteiger partial charge in [-0.15, -0.1) is 0 Å². The summed E-state index contributed by atoms with van der Waals surface area (Å²) in [6.45, 7) is 10.0. The normalized spacial score (nSPS) is 13.5. The van der Waals surface area contributed by atoms with E-state index in [9.17, 15) is 0 Å². The molecule has 0 saturated carbocycles. The Kier molecular flexibility index (Phi) is 11.6. The number of hydrogen-bond donors (Lipinski definition) is 0. The molecule has 0 spiro atoms. The van der Waals surface area contributed by atoms with E-state index in [2.05, 4.69) is 32.9 Å². The van der Waals surface area contributed by atoms with Gasteiger partial charge in [0.1, 0.15) is 0 Å². The van der Waals surface area contributed by atoms with E-state index in [4.69, 9.17) is 0 Å². The predicted octanol–water partition coefficient (Wildman–Crippen LogP) is 5.36. The summed E-state index contributed by atoms with van der Waals surface area (Å²) in [6, 6.07) is 0. The number of allylic oxidation sites excluding steroid dienone is 2. The van der Waals surface area contributed by atoms with Gasteiger partial charge in [-0.25, -0.2) is 0 Å². The number of rotatable bonds is 10. The molecule has 88 valence electrons. The van der Waals surface area contributed by atoms with E-state index in [-0.39, 0.29) is 0 Å². The van der Waals surface area contributed by atoms with Crippen molar-refractivity contribution < 1.29 is 0 Å². The second-order valence-corrected chi connectivity index (χ2v) is 4.50. The molecule has 0 heteroatoms. The van der Waals surface area contributed by atoms with Crippen molar-refractivity contribution in [3.05, 3.63) is 26.0 Å². The molecule has 15 heavy (non-hydrogen) atoms. The molecule has 0 aliphatic heterocycles. The molecule has 1 unspecified atom stereocenters. The van der Waals surface area contributed by atoms with E-state index in [1.54, 1.807) is 0 Å². The van der Waals surface area contributed by atoms with Gasteiger partial charge in [-0.2, -0.15) is 0 Å². The molecule has 0 rings (SSSR count). The SMILES string of the molecule is [CH2]C/C=C/CCCCC(C)CCCC[CH2]. The molecule has 0 saturated heterocycles. The maximum absolute atomic E-state index is 3.87. The summed E-state index contributed by atoms with van der Waals surface area (Å²) in [5, 5.41) is 0. The van der Waals surface area contributed by atoms with Crippen LogP contribution < -0.4 is 0 Å². The van der Waals surface area contributed by atoms with Crippen molar-refractivity contribution in [2.24, 2.45) is 5.92 Å². The first-order valence-corrected chi connectivity index (χ1v) is 6.54. The third-order valence-electron chi connectivity index (χ3n) is 2.85. The van der Waals surface area contributed by atoms with Crippen molar-refractivity contribution in [3.8, 4) is 0 Å². The summed E-state index contributed by atoms with van der Waals surface area (Å²) in [6.07, 6.45) is 15.9. The zero-order valence-electron chi connectivity index (χ0n) is 10.5. The molecule has 0 amide bonds. The van der Waals surface area contributed by atoms with Gasteiger partial charge in [0.25, 0.3) is 0 Å². The highest BCUT2D eigenvalue weighted by Crippen LogP contribution is 2.16. The molecular weight excluding hydrogens is 180 g/mol. The zero-order chi connectivity index (χ0) is 11.4. The van der Waals surface area contributed by atoms with Crippen LogP contribution in [0.2, 0.25) is 0 Å². The van der Waals surface area contributed by atoms with Crippen LogP contribution in [-0.4, -0.2) is 0 Å². The van der Waals surface area contributed by atoms with Crippen molar-refractivity contribution in [2.45, 2.75) is 64.7 Å². The molecule has 0 N–H and O–H groups in total. The van der Waals surface area contributed by atoms with Gasteiger partial charge in [0.15, 0.2) is 0 Å². The third-order valence-corrected chi connectivity index (χ3v) is 2.85. The molecule has 0 aromatic carbocycles. The summed E-state index contributed by atoms with van der Waals surface area (Å²) in [4.78, 5) is 0. The lowest BCUT2D eigenvalue weighted by Gasteiger charge is -2.09. The molecule has 0 aliphatic rings. The quantitative estimate of drug-likeness (QED) is 0.335. The van der Waals surface area contributed by atoms with Gasteiger partial charge in [0, 0.05) is 0 Å². The van der Waals surface area contributed by atoms with Crippen LogP contribution in [-0.2, 0) is 0 Å². The first kappa shape index (κ1) is 14.7. The van der Waals surface area contributed by atoms with Gasteiger partial charge in [-0.1, -0.05) is 64.5 Å². The van der Waals surface area contributed by atoms with E-state index in [0.29, 0.717) is 0 Å². The van der Waals surface area contributed by atoms with Gasteiger partial charge >= 0.3 is 0 Å². The zero-order valence-corrected chi connectivity index (χ0v) is 10.5. The van der Waals surface area contributed by atoms with Crippen LogP contribution in [0.25, 0.3) is 0 Å². The highest BCUT2D eigenvalue weighted by molar-refractivity contribution is 4.81. The van der Waals surface area contributed by atoms with Gasteiger partial charge in [0.05, 0.1) is 0 Å². The van der Waals surface area contributed by atoms with Crippen molar-refractivity contribution in [1.29, 1.82) is 0 Å². The Balaban J connectivity index is 3.16. The number of unbranched alkanes of at least 4 members (excludes halogenated alkanes) is 4. The standard InChI is InChI=1S/C15H28/c1-4-6-8-9-10-12-14-15(3)13-11-7-5-2/h6,8,15H,1-2,4-5,7,9-14H2,3H3/b8-6+. The monoisotopic (exact) mass is 208 g/mol. The highest BCUT2D eigenvalue weighted by atomic mass is 14.1. The largest absolute Gasteiger partial charge is 0.0885 e. The molecule has 0 aromatic rings. The van der Waals surface area contributed by atoms with Crippen molar-refractivity contribution >= 4 is 0 Å². The van der Waals surface area contributed by atoms with Gasteiger partial charge < -0.3 is 0 Å². The van der Waals surface area contributed by atoms with Crippen molar-refractivity contribution in [3.63, 3.8) is 0 Å². The fraction of sp³-hybridized carbons (Fsp3) is 0.733. The van der Waals surface area contributed by atoms with E-state index >= 15 is 0 Å². The lowest BCUT2D eigenvalue weighted by Crippen LogP contribution is -1.94. The molecule has 2 radical (unpaired) electrons. The summed E-state index contributed by atoms with van der Waals surface area (Å²) in [5.41, 5.74) is 0. The molecule has 0 fully saturated rings. The fourth-order valence-corrected chi connectivity index (χ4v) is 1.80. The first-order valence-electron chi connectivity index (χ1n) is 6.54. The minimum absolute atomic E-state index is 0.911. The van der Waals surface area contributed by atoms with Gasteiger partial charge in [-0.05, 0) is 32.1 Å². The Morgan fingerprint density at radius 2 is 1.60 bits per heavy atom. The van der Waals surface area contributed by atoms with E-state index in [1.165, 1.54) is 44.9 Å². The fourth-order valence-electron chi connectivity index (χ4n) is 1.80. The van der Waals surface area contributed by atoms with Gasteiger partial charge in [0.2, 0.25) is 0 Å². The summed E-state index contributed by atoms with van der Waals surface area (Å²) < 4.78 is 0. The predicted molar refractivity (Wildman–Crippen MR) is 70.6 cm³/mol. The third kappa shape index (κ3) is 11.7. The van der Waals surface area contributed by atoms with Crippen LogP contribution in [0.5, 0.6) is 0 Å². The molecule has 0 bridgehead atoms. The van der Waals surface area contributed by atoms with Crippen LogP contribution in [0.4, 0.5) is 0 Å². The van der Waals surface area contributed by atoms with E-state index in [0.717, 1.165) is 18.8 Å². The molecule has 1 atom stereocenters. The maximum Gasteiger partial charge on any atom is -0.0351 e. The average molecular weight is 208 g/mol. The summed E-state index contributed by atoms with van der Waals surface area (Å²) in [7, 11) is 0. The van der Waals surface area contributed by atoms with Crippen LogP contribution in [0.15, 0.2) is 12.2 Å². The van der Waals surface area contributed by atoms with Crippen molar-refractivity contribution in [1.82, 2.24) is 0 Å². The smallest absolute Gasteiger partial charge is 0.0351 e. The summed E-state index contributed by atoms with van der Waals surface area (Å²) in [5.74, 6) is 0.911. The Labute approximate surface area is 97.2 Å². The lowest BCUT2D eigenvalue weighted by molar-refractivity contribution is 0.446. The molecule has 0 nitrogen and oxygen atoms in total. The Bertz CT molecular complexity index is 135. The average Bonchev–Trinajstić information content (AvgIpc) is 2.23. The van der Waals surface area contributed by atoms with Crippen LogP contribution >= 0.6 is 0 Å². The highest BCUT2D eigenvalue weighted by Gasteiger charge is 2.00. The van der Waals surface area contributed by atoms with Crippen molar-refractivity contribution in [2.75, 3.05) is 0 Å². The first-order chi connectivity index (χ1) is 7.31. The molecular formula is C15H28. The van der Waals surface area contributed by atoms with Gasteiger partial charge in [-0.3, -0.25) is 0 Å².